The maximum Gasteiger partial charge on any atom is 0.262 e. The lowest BCUT2D eigenvalue weighted by Crippen LogP contribution is -2.74. The van der Waals surface area contributed by atoms with Crippen molar-refractivity contribution in [3.63, 3.8) is 0 Å². The standard InChI is InChI=1S/C45H52N8O6/c1-27-30(25-46)8-15-37(47-27)59-43-44(2,3)42(45(43,4)5)49-38(55)29-6-9-31(10-7-29)51-18-16-28(17-19-51)26-50-20-22-52(23-21-50)32-11-12-33-34(24-32)41(58)53(40(33)57)35-13-14-36(54)48-39(35)56/h6-12,15,24,28,35,42-43H,13-14,16-23,26H2,1-5H3,(H,49,55)(H,48,54,56)/t35?,42-,43-. The summed E-state index contributed by atoms with van der Waals surface area (Å²) in [5.41, 5.74) is 3.68. The Balaban J connectivity index is 0.789. The van der Waals surface area contributed by atoms with Gasteiger partial charge in [0.25, 0.3) is 17.7 Å². The molecule has 3 aromatic rings. The summed E-state index contributed by atoms with van der Waals surface area (Å²) in [5, 5.41) is 14.8. The first kappa shape index (κ1) is 40.0. The van der Waals surface area contributed by atoms with Crippen molar-refractivity contribution < 1.29 is 28.7 Å². The second kappa shape index (κ2) is 15.4. The summed E-state index contributed by atoms with van der Waals surface area (Å²) >= 11 is 0. The SMILES string of the molecule is Cc1nc(O[C@H]2C(C)(C)[C@H](NC(=O)c3ccc(N4CCC(CN5CCN(c6ccc7c(c6)C(=O)N(C6CCC(=O)NC6=O)C7=O)CC5)CC4)cc3)C2(C)C)ccc1C#N. The van der Waals surface area contributed by atoms with Gasteiger partial charge in [-0.15, -0.1) is 0 Å². The molecule has 2 N–H and O–H groups in total. The molecule has 4 aliphatic heterocycles. The van der Waals surface area contributed by atoms with Crippen molar-refractivity contribution in [3.8, 4) is 11.9 Å². The number of fused-ring (bicyclic) bond motifs is 1. The number of anilines is 2. The molecule has 308 valence electrons. The number of benzene rings is 2. The molecule has 14 nitrogen and oxygen atoms in total. The largest absolute Gasteiger partial charge is 0.473 e. The Morgan fingerprint density at radius 2 is 1.49 bits per heavy atom. The first-order valence-corrected chi connectivity index (χ1v) is 20.7. The summed E-state index contributed by atoms with van der Waals surface area (Å²) in [6.07, 6.45) is 2.21. The highest BCUT2D eigenvalue weighted by Gasteiger charge is 2.64. The van der Waals surface area contributed by atoms with Crippen LogP contribution in [0.15, 0.2) is 54.6 Å². The molecule has 1 saturated carbocycles. The number of amides is 5. The van der Waals surface area contributed by atoms with Gasteiger partial charge in [0.2, 0.25) is 17.7 Å². The Labute approximate surface area is 344 Å². The van der Waals surface area contributed by atoms with Crippen LogP contribution in [0, 0.1) is 35.0 Å². The number of aryl methyl sites for hydroxylation is 1. The van der Waals surface area contributed by atoms with Crippen LogP contribution in [-0.4, -0.2) is 108 Å². The number of hydrogen-bond acceptors (Lipinski definition) is 11. The Hall–Kier alpha value is -5.81. The molecule has 14 heteroatoms. The Kier molecular flexibility index (Phi) is 10.4. The molecule has 1 unspecified atom stereocenters. The molecule has 2 aromatic carbocycles. The van der Waals surface area contributed by atoms with E-state index in [4.69, 9.17) is 4.74 Å². The first-order valence-electron chi connectivity index (χ1n) is 20.7. The summed E-state index contributed by atoms with van der Waals surface area (Å²) in [7, 11) is 0. The molecule has 5 amide bonds. The van der Waals surface area contributed by atoms with Crippen LogP contribution in [-0.2, 0) is 9.59 Å². The van der Waals surface area contributed by atoms with Crippen molar-refractivity contribution >= 4 is 40.9 Å². The van der Waals surface area contributed by atoms with Crippen LogP contribution >= 0.6 is 0 Å². The zero-order chi connectivity index (χ0) is 41.8. The number of carbonyl (C=O) groups is 5. The topological polar surface area (TPSA) is 168 Å². The number of ether oxygens (including phenoxy) is 1. The predicted octanol–water partition coefficient (Wildman–Crippen LogP) is 4.31. The number of piperidine rings is 2. The maximum absolute atomic E-state index is 13.5. The number of aromatic nitrogens is 1. The third kappa shape index (κ3) is 7.41. The van der Waals surface area contributed by atoms with Gasteiger partial charge >= 0.3 is 0 Å². The van der Waals surface area contributed by atoms with E-state index in [-0.39, 0.29) is 41.7 Å². The monoisotopic (exact) mass is 800 g/mol. The lowest BCUT2D eigenvalue weighted by Gasteiger charge is -2.62. The molecule has 5 aliphatic rings. The Morgan fingerprint density at radius 1 is 0.847 bits per heavy atom. The number of nitriles is 1. The molecular weight excluding hydrogens is 749 g/mol. The lowest BCUT2D eigenvalue weighted by atomic mass is 9.49. The molecule has 5 heterocycles. The van der Waals surface area contributed by atoms with Gasteiger partial charge in [0, 0.05) is 92.1 Å². The fourth-order valence-electron chi connectivity index (χ4n) is 10.3. The molecule has 0 bridgehead atoms. The summed E-state index contributed by atoms with van der Waals surface area (Å²) in [6, 6.07) is 17.8. The van der Waals surface area contributed by atoms with Crippen molar-refractivity contribution in [3.05, 3.63) is 82.5 Å². The third-order valence-corrected chi connectivity index (χ3v) is 13.3. The lowest BCUT2D eigenvalue weighted by molar-refractivity contribution is -0.165. The Morgan fingerprint density at radius 3 is 2.14 bits per heavy atom. The van der Waals surface area contributed by atoms with Crippen molar-refractivity contribution in [2.45, 2.75) is 78.5 Å². The van der Waals surface area contributed by atoms with E-state index in [0.717, 1.165) is 74.9 Å². The predicted molar refractivity (Wildman–Crippen MR) is 220 cm³/mol. The molecule has 1 atom stereocenters. The van der Waals surface area contributed by atoms with Crippen LogP contribution in [0.3, 0.4) is 0 Å². The highest BCUT2D eigenvalue weighted by molar-refractivity contribution is 6.23. The number of nitrogens with one attached hydrogen (secondary N) is 2. The number of piperazine rings is 1. The van der Waals surface area contributed by atoms with Crippen molar-refractivity contribution in [1.29, 1.82) is 5.26 Å². The van der Waals surface area contributed by atoms with Gasteiger partial charge in [-0.25, -0.2) is 4.98 Å². The molecular formula is C45H52N8O6. The van der Waals surface area contributed by atoms with Gasteiger partial charge in [0.1, 0.15) is 18.2 Å². The van der Waals surface area contributed by atoms with Crippen LogP contribution in [0.25, 0.3) is 0 Å². The smallest absolute Gasteiger partial charge is 0.262 e. The summed E-state index contributed by atoms with van der Waals surface area (Å²) < 4.78 is 6.36. The number of nitrogens with zero attached hydrogens (tertiary/aromatic N) is 6. The highest BCUT2D eigenvalue weighted by atomic mass is 16.5. The van der Waals surface area contributed by atoms with Crippen LogP contribution in [0.1, 0.15) is 95.7 Å². The first-order chi connectivity index (χ1) is 28.1. The highest BCUT2D eigenvalue weighted by Crippen LogP contribution is 2.55. The van der Waals surface area contributed by atoms with Gasteiger partial charge in [-0.05, 0) is 80.6 Å². The molecule has 0 spiro atoms. The van der Waals surface area contributed by atoms with Crippen molar-refractivity contribution in [1.82, 2.24) is 25.4 Å². The zero-order valence-electron chi connectivity index (χ0n) is 34.4. The minimum absolute atomic E-state index is 0.0912. The van der Waals surface area contributed by atoms with E-state index in [0.29, 0.717) is 39.7 Å². The maximum atomic E-state index is 13.5. The Bertz CT molecular complexity index is 2220. The van der Waals surface area contributed by atoms with E-state index in [9.17, 15) is 29.2 Å². The van der Waals surface area contributed by atoms with E-state index in [1.807, 2.05) is 30.3 Å². The molecule has 3 saturated heterocycles. The van der Waals surface area contributed by atoms with Gasteiger partial charge in [0.15, 0.2) is 0 Å². The van der Waals surface area contributed by atoms with Gasteiger partial charge in [-0.3, -0.25) is 39.1 Å². The second-order valence-electron chi connectivity index (χ2n) is 17.9. The van der Waals surface area contributed by atoms with E-state index in [1.165, 1.54) is 0 Å². The molecule has 1 aromatic heterocycles. The summed E-state index contributed by atoms with van der Waals surface area (Å²) in [5.74, 6) is -1.02. The second-order valence-corrected chi connectivity index (χ2v) is 17.9. The third-order valence-electron chi connectivity index (χ3n) is 13.3. The van der Waals surface area contributed by atoms with Crippen LogP contribution in [0.5, 0.6) is 5.88 Å². The molecule has 0 radical (unpaired) electrons. The van der Waals surface area contributed by atoms with Crippen LogP contribution < -0.4 is 25.2 Å². The quantitative estimate of drug-likeness (QED) is 0.296. The van der Waals surface area contributed by atoms with E-state index < -0.39 is 29.7 Å². The number of carbonyl (C=O) groups excluding carboxylic acids is 5. The zero-order valence-corrected chi connectivity index (χ0v) is 34.4. The van der Waals surface area contributed by atoms with Gasteiger partial charge in [-0.1, -0.05) is 27.7 Å². The number of imide groups is 2. The van der Waals surface area contributed by atoms with Gasteiger partial charge < -0.3 is 19.9 Å². The molecule has 59 heavy (non-hydrogen) atoms. The van der Waals surface area contributed by atoms with Gasteiger partial charge in [-0.2, -0.15) is 5.26 Å². The number of hydrogen-bond donors (Lipinski definition) is 2. The van der Waals surface area contributed by atoms with E-state index in [2.05, 4.69) is 64.1 Å². The number of rotatable bonds is 9. The minimum Gasteiger partial charge on any atom is -0.473 e. The summed E-state index contributed by atoms with van der Waals surface area (Å²) in [4.78, 5) is 76.7. The molecule has 8 rings (SSSR count). The van der Waals surface area contributed by atoms with Crippen molar-refractivity contribution in [2.24, 2.45) is 16.7 Å². The molecule has 1 aliphatic carbocycles. The minimum atomic E-state index is -0.974. The van der Waals surface area contributed by atoms with Crippen LogP contribution in [0.2, 0.25) is 0 Å². The van der Waals surface area contributed by atoms with Crippen molar-refractivity contribution in [2.75, 3.05) is 55.6 Å². The fourth-order valence-corrected chi connectivity index (χ4v) is 10.3. The number of pyridine rings is 1. The van der Waals surface area contributed by atoms with E-state index in [1.54, 1.807) is 31.2 Å². The van der Waals surface area contributed by atoms with Gasteiger partial charge in [0.05, 0.1) is 22.4 Å². The fraction of sp³-hybridized carbons (Fsp3) is 0.489. The average molecular weight is 801 g/mol. The summed E-state index contributed by atoms with van der Waals surface area (Å²) in [6.45, 7) is 16.5. The van der Waals surface area contributed by atoms with Crippen LogP contribution in [0.4, 0.5) is 11.4 Å². The van der Waals surface area contributed by atoms with E-state index >= 15 is 0 Å². The normalized spacial score (nSPS) is 24.3. The molecule has 4 fully saturated rings. The average Bonchev–Trinajstić information content (AvgIpc) is 3.47.